The Morgan fingerprint density at radius 3 is 2.60 bits per heavy atom. The number of hydrogen-bond donors (Lipinski definition) is 2. The summed E-state index contributed by atoms with van der Waals surface area (Å²) < 4.78 is 0. The molecule has 1 aliphatic rings. The van der Waals surface area contributed by atoms with E-state index in [0.717, 1.165) is 5.56 Å². The van der Waals surface area contributed by atoms with Crippen LogP contribution in [-0.2, 0) is 9.59 Å². The molecule has 1 aromatic rings. The number of carboxylic acids is 1. The molecule has 1 heterocycles. The van der Waals surface area contributed by atoms with Crippen LogP contribution in [0.3, 0.4) is 0 Å². The lowest BCUT2D eigenvalue weighted by Crippen LogP contribution is -2.57. The van der Waals surface area contributed by atoms with E-state index in [0.29, 0.717) is 18.7 Å². The second-order valence-corrected chi connectivity index (χ2v) is 4.77. The van der Waals surface area contributed by atoms with Crippen molar-refractivity contribution in [3.8, 4) is 0 Å². The highest BCUT2D eigenvalue weighted by Crippen LogP contribution is 2.14. The second-order valence-electron chi connectivity index (χ2n) is 4.77. The highest BCUT2D eigenvalue weighted by Gasteiger charge is 2.34. The van der Waals surface area contributed by atoms with Crippen LogP contribution < -0.4 is 5.32 Å². The van der Waals surface area contributed by atoms with E-state index < -0.39 is 17.9 Å². The molecule has 0 bridgehead atoms. The molecule has 0 aliphatic carbocycles. The van der Waals surface area contributed by atoms with Gasteiger partial charge in [0.15, 0.2) is 0 Å². The molecule has 0 radical (unpaired) electrons. The number of benzene rings is 1. The van der Waals surface area contributed by atoms with Crippen LogP contribution in [0, 0.1) is 6.92 Å². The summed E-state index contributed by atoms with van der Waals surface area (Å²) >= 11 is 0. The smallest absolute Gasteiger partial charge is 0.305 e. The first-order chi connectivity index (χ1) is 9.49. The Hall–Kier alpha value is -2.37. The van der Waals surface area contributed by atoms with Crippen molar-refractivity contribution in [2.24, 2.45) is 0 Å². The van der Waals surface area contributed by atoms with Gasteiger partial charge in [0.1, 0.15) is 6.04 Å². The largest absolute Gasteiger partial charge is 0.481 e. The van der Waals surface area contributed by atoms with Crippen molar-refractivity contribution in [2.45, 2.75) is 19.4 Å². The first-order valence-electron chi connectivity index (χ1n) is 6.36. The second kappa shape index (κ2) is 5.73. The van der Waals surface area contributed by atoms with Crippen LogP contribution >= 0.6 is 0 Å². The van der Waals surface area contributed by atoms with Crippen molar-refractivity contribution in [2.75, 3.05) is 13.1 Å². The summed E-state index contributed by atoms with van der Waals surface area (Å²) in [6.45, 7) is 2.57. The zero-order valence-corrected chi connectivity index (χ0v) is 11.1. The van der Waals surface area contributed by atoms with Gasteiger partial charge in [0.2, 0.25) is 5.91 Å². The highest BCUT2D eigenvalue weighted by atomic mass is 16.4. The predicted molar refractivity (Wildman–Crippen MR) is 71.3 cm³/mol. The molecule has 6 heteroatoms. The van der Waals surface area contributed by atoms with Gasteiger partial charge < -0.3 is 15.3 Å². The zero-order chi connectivity index (χ0) is 14.7. The SMILES string of the molecule is Cc1ccc(C(=O)N2CCNC(=O)C2CC(=O)O)cc1. The lowest BCUT2D eigenvalue weighted by molar-refractivity contribution is -0.142. The van der Waals surface area contributed by atoms with E-state index in [-0.39, 0.29) is 12.3 Å². The quantitative estimate of drug-likeness (QED) is 0.837. The van der Waals surface area contributed by atoms with Crippen LogP contribution in [0.25, 0.3) is 0 Å². The summed E-state index contributed by atoms with van der Waals surface area (Å²) in [5, 5.41) is 11.5. The number of aryl methyl sites for hydroxylation is 1. The Morgan fingerprint density at radius 2 is 2.00 bits per heavy atom. The van der Waals surface area contributed by atoms with E-state index in [9.17, 15) is 14.4 Å². The van der Waals surface area contributed by atoms with Crippen molar-refractivity contribution in [3.63, 3.8) is 0 Å². The Labute approximate surface area is 116 Å². The van der Waals surface area contributed by atoms with E-state index in [1.807, 2.05) is 19.1 Å². The number of rotatable bonds is 3. The Bertz CT molecular complexity index is 539. The molecule has 1 aromatic carbocycles. The zero-order valence-electron chi connectivity index (χ0n) is 11.1. The van der Waals surface area contributed by atoms with Crippen molar-refractivity contribution in [1.29, 1.82) is 0 Å². The van der Waals surface area contributed by atoms with E-state index >= 15 is 0 Å². The van der Waals surface area contributed by atoms with Gasteiger partial charge in [0, 0.05) is 18.7 Å². The molecular weight excluding hydrogens is 260 g/mol. The summed E-state index contributed by atoms with van der Waals surface area (Å²) in [4.78, 5) is 36.3. The molecule has 0 spiro atoms. The van der Waals surface area contributed by atoms with Crippen molar-refractivity contribution >= 4 is 17.8 Å². The topological polar surface area (TPSA) is 86.7 Å². The number of carbonyl (C=O) groups is 3. The molecule has 2 N–H and O–H groups in total. The van der Waals surface area contributed by atoms with Crippen molar-refractivity contribution in [3.05, 3.63) is 35.4 Å². The molecule has 20 heavy (non-hydrogen) atoms. The monoisotopic (exact) mass is 276 g/mol. The molecule has 1 atom stereocenters. The van der Waals surface area contributed by atoms with Gasteiger partial charge in [-0.05, 0) is 19.1 Å². The molecule has 6 nitrogen and oxygen atoms in total. The van der Waals surface area contributed by atoms with Crippen LogP contribution in [0.4, 0.5) is 0 Å². The number of aliphatic carboxylic acids is 1. The predicted octanol–water partition coefficient (Wildman–Crippen LogP) is 0.410. The fourth-order valence-electron chi connectivity index (χ4n) is 2.19. The number of hydrogen-bond acceptors (Lipinski definition) is 3. The van der Waals surface area contributed by atoms with Gasteiger partial charge in [-0.25, -0.2) is 0 Å². The van der Waals surface area contributed by atoms with E-state index in [2.05, 4.69) is 5.32 Å². The van der Waals surface area contributed by atoms with Gasteiger partial charge in [0.05, 0.1) is 6.42 Å². The summed E-state index contributed by atoms with van der Waals surface area (Å²) in [5.41, 5.74) is 1.49. The average Bonchev–Trinajstić information content (AvgIpc) is 2.41. The average molecular weight is 276 g/mol. The normalized spacial score (nSPS) is 18.6. The third-order valence-corrected chi connectivity index (χ3v) is 3.26. The van der Waals surface area contributed by atoms with Crippen LogP contribution in [0.1, 0.15) is 22.3 Å². The molecule has 2 amide bonds. The third kappa shape index (κ3) is 2.96. The summed E-state index contributed by atoms with van der Waals surface area (Å²) in [6.07, 6.45) is -0.385. The fourth-order valence-corrected chi connectivity index (χ4v) is 2.19. The lowest BCUT2D eigenvalue weighted by Gasteiger charge is -2.34. The maximum Gasteiger partial charge on any atom is 0.305 e. The number of amides is 2. The van der Waals surface area contributed by atoms with Gasteiger partial charge in [-0.1, -0.05) is 17.7 Å². The minimum atomic E-state index is -1.10. The molecule has 1 unspecified atom stereocenters. The highest BCUT2D eigenvalue weighted by molar-refractivity contribution is 5.99. The van der Waals surface area contributed by atoms with Gasteiger partial charge in [-0.15, -0.1) is 0 Å². The van der Waals surface area contributed by atoms with E-state index in [1.54, 1.807) is 12.1 Å². The molecule has 1 fully saturated rings. The molecule has 0 aromatic heterocycles. The maximum absolute atomic E-state index is 12.4. The van der Waals surface area contributed by atoms with Gasteiger partial charge >= 0.3 is 5.97 Å². The molecule has 0 saturated carbocycles. The van der Waals surface area contributed by atoms with E-state index in [4.69, 9.17) is 5.11 Å². The maximum atomic E-state index is 12.4. The van der Waals surface area contributed by atoms with Crippen LogP contribution in [0.2, 0.25) is 0 Å². The van der Waals surface area contributed by atoms with Crippen molar-refractivity contribution in [1.82, 2.24) is 10.2 Å². The molecule has 2 rings (SSSR count). The third-order valence-electron chi connectivity index (χ3n) is 3.26. The number of nitrogens with zero attached hydrogens (tertiary/aromatic N) is 1. The minimum absolute atomic E-state index is 0.314. The summed E-state index contributed by atoms with van der Waals surface area (Å²) in [7, 11) is 0. The lowest BCUT2D eigenvalue weighted by atomic mass is 10.1. The summed E-state index contributed by atoms with van der Waals surface area (Å²) in [6, 6.07) is 6.03. The van der Waals surface area contributed by atoms with Gasteiger partial charge in [0.25, 0.3) is 5.91 Å². The van der Waals surface area contributed by atoms with Crippen molar-refractivity contribution < 1.29 is 19.5 Å². The first kappa shape index (κ1) is 14.0. The van der Waals surface area contributed by atoms with Gasteiger partial charge in [-0.2, -0.15) is 0 Å². The minimum Gasteiger partial charge on any atom is -0.481 e. The van der Waals surface area contributed by atoms with E-state index in [1.165, 1.54) is 4.90 Å². The Balaban J connectivity index is 2.23. The number of carbonyl (C=O) groups excluding carboxylic acids is 2. The first-order valence-corrected chi connectivity index (χ1v) is 6.36. The Morgan fingerprint density at radius 1 is 1.35 bits per heavy atom. The van der Waals surface area contributed by atoms with Crippen LogP contribution in [-0.4, -0.2) is 46.9 Å². The van der Waals surface area contributed by atoms with Crippen LogP contribution in [0.5, 0.6) is 0 Å². The number of piperazine rings is 1. The summed E-state index contributed by atoms with van der Waals surface area (Å²) in [5.74, 6) is -1.83. The van der Waals surface area contributed by atoms with Crippen LogP contribution in [0.15, 0.2) is 24.3 Å². The Kier molecular flexibility index (Phi) is 4.02. The number of carboxylic acid groups (broad SMARTS) is 1. The molecule has 1 saturated heterocycles. The van der Waals surface area contributed by atoms with Gasteiger partial charge in [-0.3, -0.25) is 14.4 Å². The molecule has 1 aliphatic heterocycles. The number of nitrogens with one attached hydrogen (secondary N) is 1. The standard InChI is InChI=1S/C14H16N2O4/c1-9-2-4-10(5-3-9)14(20)16-7-6-15-13(19)11(16)8-12(17)18/h2-5,11H,6-8H2,1H3,(H,15,19)(H,17,18). The fraction of sp³-hybridized carbons (Fsp3) is 0.357. The molecular formula is C14H16N2O4. The molecule has 106 valence electrons.